The van der Waals surface area contributed by atoms with Gasteiger partial charge in [-0.15, -0.1) is 0 Å². The second kappa shape index (κ2) is 5.83. The lowest BCUT2D eigenvalue weighted by atomic mass is 10.2. The number of rotatable bonds is 6. The first-order chi connectivity index (χ1) is 5.85. The predicted molar refractivity (Wildman–Crippen MR) is 54.5 cm³/mol. The molecule has 3 nitrogen and oxygen atoms in total. The first-order valence-electron chi connectivity index (χ1n) is 4.39. The molecule has 0 radical (unpaired) electrons. The fourth-order valence-corrected chi connectivity index (χ4v) is 2.26. The summed E-state index contributed by atoms with van der Waals surface area (Å²) >= 11 is 0. The van der Waals surface area contributed by atoms with Crippen molar-refractivity contribution < 1.29 is 13.2 Å². The van der Waals surface area contributed by atoms with Gasteiger partial charge in [0.2, 0.25) is 9.05 Å². The molecule has 2 atom stereocenters. The Balaban J connectivity index is 3.70. The lowest BCUT2D eigenvalue weighted by Gasteiger charge is -2.14. The zero-order chi connectivity index (χ0) is 10.5. The maximum Gasteiger partial charge on any atom is 0.232 e. The van der Waals surface area contributed by atoms with Gasteiger partial charge in [0.1, 0.15) is 0 Å². The van der Waals surface area contributed by atoms with Gasteiger partial charge >= 0.3 is 0 Å². The molecule has 0 bridgehead atoms. The molecule has 0 aromatic heterocycles. The normalized spacial score (nSPS) is 16.9. The second-order valence-corrected chi connectivity index (χ2v) is 6.18. The molecule has 0 fully saturated rings. The van der Waals surface area contributed by atoms with Gasteiger partial charge in [-0.05, 0) is 19.3 Å². The summed E-state index contributed by atoms with van der Waals surface area (Å²) in [6, 6.07) is 0. The van der Waals surface area contributed by atoms with Gasteiger partial charge < -0.3 is 4.74 Å². The lowest BCUT2D eigenvalue weighted by Crippen LogP contribution is -2.18. The predicted octanol–water partition coefficient (Wildman–Crippen LogP) is 2.01. The molecule has 5 heteroatoms. The topological polar surface area (TPSA) is 43.4 Å². The first kappa shape index (κ1) is 13.2. The van der Waals surface area contributed by atoms with E-state index in [0.717, 1.165) is 6.42 Å². The van der Waals surface area contributed by atoms with Crippen molar-refractivity contribution in [3.05, 3.63) is 0 Å². The van der Waals surface area contributed by atoms with E-state index in [1.165, 1.54) is 0 Å². The van der Waals surface area contributed by atoms with Gasteiger partial charge in [0.05, 0.1) is 18.5 Å². The number of hydrogen-bond acceptors (Lipinski definition) is 3. The van der Waals surface area contributed by atoms with Crippen LogP contribution in [0.3, 0.4) is 0 Å². The largest absolute Gasteiger partial charge is 0.378 e. The van der Waals surface area contributed by atoms with Crippen molar-refractivity contribution in [3.8, 4) is 0 Å². The molecule has 0 saturated carbocycles. The molecule has 80 valence electrons. The fraction of sp³-hybridized carbons (Fsp3) is 1.00. The van der Waals surface area contributed by atoms with E-state index in [9.17, 15) is 8.42 Å². The summed E-state index contributed by atoms with van der Waals surface area (Å²) in [6.07, 6.45) is 1.11. The van der Waals surface area contributed by atoms with Gasteiger partial charge in [-0.1, -0.05) is 13.8 Å². The third-order valence-electron chi connectivity index (χ3n) is 1.72. The van der Waals surface area contributed by atoms with E-state index in [2.05, 4.69) is 0 Å². The number of ether oxygens (including phenoxy) is 1. The van der Waals surface area contributed by atoms with Crippen LogP contribution in [0.4, 0.5) is 0 Å². The van der Waals surface area contributed by atoms with E-state index in [0.29, 0.717) is 6.61 Å². The number of hydrogen-bond donors (Lipinski definition) is 0. The minimum Gasteiger partial charge on any atom is -0.378 e. The Hall–Kier alpha value is 0.200. The van der Waals surface area contributed by atoms with Crippen molar-refractivity contribution in [3.63, 3.8) is 0 Å². The highest BCUT2D eigenvalue weighted by Gasteiger charge is 2.13. The van der Waals surface area contributed by atoms with Gasteiger partial charge in [0, 0.05) is 10.7 Å². The molecular weight excluding hydrogens is 212 g/mol. The molecule has 0 rings (SSSR count). The molecule has 13 heavy (non-hydrogen) atoms. The summed E-state index contributed by atoms with van der Waals surface area (Å²) in [5, 5.41) is 0. The van der Waals surface area contributed by atoms with Crippen LogP contribution in [-0.4, -0.2) is 26.9 Å². The van der Waals surface area contributed by atoms with E-state index >= 15 is 0 Å². The van der Waals surface area contributed by atoms with Gasteiger partial charge in [-0.2, -0.15) is 0 Å². The highest BCUT2D eigenvalue weighted by molar-refractivity contribution is 8.13. The summed E-state index contributed by atoms with van der Waals surface area (Å²) in [5.41, 5.74) is 0. The van der Waals surface area contributed by atoms with E-state index in [1.807, 2.05) is 20.8 Å². The van der Waals surface area contributed by atoms with Crippen LogP contribution in [0, 0.1) is 5.92 Å². The quantitative estimate of drug-likeness (QED) is 0.654. The highest BCUT2D eigenvalue weighted by Crippen LogP contribution is 2.07. The van der Waals surface area contributed by atoms with Crippen molar-refractivity contribution in [1.29, 1.82) is 0 Å². The monoisotopic (exact) mass is 228 g/mol. The summed E-state index contributed by atoms with van der Waals surface area (Å²) in [6.45, 7) is 6.23. The molecule has 0 aliphatic rings. The molecule has 0 saturated heterocycles. The van der Waals surface area contributed by atoms with Crippen LogP contribution in [0.25, 0.3) is 0 Å². The zero-order valence-electron chi connectivity index (χ0n) is 8.29. The van der Waals surface area contributed by atoms with Crippen LogP contribution in [0.15, 0.2) is 0 Å². The molecular formula is C8H17ClO3S. The van der Waals surface area contributed by atoms with Crippen LogP contribution < -0.4 is 0 Å². The van der Waals surface area contributed by atoms with E-state index < -0.39 is 9.05 Å². The Labute approximate surface area is 84.8 Å². The minimum atomic E-state index is -3.39. The van der Waals surface area contributed by atoms with E-state index in [1.54, 1.807) is 0 Å². The molecule has 0 N–H and O–H groups in total. The molecule has 0 aromatic carbocycles. The Morgan fingerprint density at radius 3 is 2.31 bits per heavy atom. The summed E-state index contributed by atoms with van der Waals surface area (Å²) < 4.78 is 26.7. The van der Waals surface area contributed by atoms with Gasteiger partial charge in [-0.25, -0.2) is 8.42 Å². The van der Waals surface area contributed by atoms with E-state index in [4.69, 9.17) is 15.4 Å². The summed E-state index contributed by atoms with van der Waals surface area (Å²) in [7, 11) is 1.71. The van der Waals surface area contributed by atoms with Crippen LogP contribution in [0.1, 0.15) is 27.2 Å². The van der Waals surface area contributed by atoms with Crippen LogP contribution in [-0.2, 0) is 13.8 Å². The SMILES string of the molecule is CCC(C)OCC(C)CS(=O)(=O)Cl. The van der Waals surface area contributed by atoms with Crippen molar-refractivity contribution in [2.24, 2.45) is 5.92 Å². The Morgan fingerprint density at radius 2 is 1.92 bits per heavy atom. The molecule has 0 aliphatic carbocycles. The molecule has 0 aromatic rings. The molecule has 0 aliphatic heterocycles. The summed E-state index contributed by atoms with van der Waals surface area (Å²) in [5.74, 6) is -0.0677. The Kier molecular flexibility index (Phi) is 5.92. The van der Waals surface area contributed by atoms with Crippen molar-refractivity contribution in [1.82, 2.24) is 0 Å². The van der Waals surface area contributed by atoms with E-state index in [-0.39, 0.29) is 17.8 Å². The molecule has 0 spiro atoms. The second-order valence-electron chi connectivity index (χ2n) is 3.36. The molecule has 0 heterocycles. The van der Waals surface area contributed by atoms with Gasteiger partial charge in [0.15, 0.2) is 0 Å². The van der Waals surface area contributed by atoms with Crippen molar-refractivity contribution in [2.75, 3.05) is 12.4 Å². The zero-order valence-corrected chi connectivity index (χ0v) is 9.86. The third kappa shape index (κ3) is 8.53. The Morgan fingerprint density at radius 1 is 1.38 bits per heavy atom. The van der Waals surface area contributed by atoms with Crippen LogP contribution in [0.2, 0.25) is 0 Å². The Bertz CT molecular complexity index is 226. The van der Waals surface area contributed by atoms with Crippen molar-refractivity contribution >= 4 is 19.7 Å². The van der Waals surface area contributed by atoms with Crippen LogP contribution in [0.5, 0.6) is 0 Å². The summed E-state index contributed by atoms with van der Waals surface area (Å²) in [4.78, 5) is 0. The average molecular weight is 229 g/mol. The minimum absolute atomic E-state index is 0.0228. The highest BCUT2D eigenvalue weighted by atomic mass is 35.7. The molecule has 0 amide bonds. The van der Waals surface area contributed by atoms with Gasteiger partial charge in [0.25, 0.3) is 0 Å². The maximum atomic E-state index is 10.7. The number of halogens is 1. The molecule has 2 unspecified atom stereocenters. The van der Waals surface area contributed by atoms with Crippen molar-refractivity contribution in [2.45, 2.75) is 33.3 Å². The third-order valence-corrected chi connectivity index (χ3v) is 3.07. The smallest absolute Gasteiger partial charge is 0.232 e. The maximum absolute atomic E-state index is 10.7. The fourth-order valence-electron chi connectivity index (χ4n) is 0.834. The average Bonchev–Trinajstić information content (AvgIpc) is 1.97. The standard InChI is InChI=1S/C8H17ClO3S/c1-4-8(3)12-5-7(2)6-13(9,10)11/h7-8H,4-6H2,1-3H3. The van der Waals surface area contributed by atoms with Gasteiger partial charge in [-0.3, -0.25) is 0 Å². The van der Waals surface area contributed by atoms with Crippen LogP contribution >= 0.6 is 10.7 Å². The lowest BCUT2D eigenvalue weighted by molar-refractivity contribution is 0.0461. The first-order valence-corrected chi connectivity index (χ1v) is 6.87.